The van der Waals surface area contributed by atoms with Crippen LogP contribution in [0.15, 0.2) is 36.8 Å². The monoisotopic (exact) mass is 335 g/mol. The number of benzene rings is 1. The predicted molar refractivity (Wildman–Crippen MR) is 97.4 cm³/mol. The Balaban J connectivity index is 1.42. The molecule has 0 radical (unpaired) electrons. The molecule has 1 saturated heterocycles. The molecule has 130 valence electrons. The first-order valence-corrected chi connectivity index (χ1v) is 9.44. The summed E-state index contributed by atoms with van der Waals surface area (Å²) in [5, 5.41) is 0. The zero-order valence-electron chi connectivity index (χ0n) is 14.7. The summed E-state index contributed by atoms with van der Waals surface area (Å²) in [6.07, 6.45) is 11.0. The summed E-state index contributed by atoms with van der Waals surface area (Å²) < 4.78 is 0. The molecule has 25 heavy (non-hydrogen) atoms. The Bertz CT molecular complexity index is 744. The second kappa shape index (κ2) is 7.34. The van der Waals surface area contributed by atoms with Crippen molar-refractivity contribution >= 4 is 5.91 Å². The molecular formula is C21H25N3O. The number of aryl methyl sites for hydroxylation is 2. The van der Waals surface area contributed by atoms with E-state index >= 15 is 0 Å². The number of hydrogen-bond donors (Lipinski definition) is 0. The molecule has 1 amide bonds. The number of carbonyl (C=O) groups excluding carboxylic acids is 1. The highest BCUT2D eigenvalue weighted by Crippen LogP contribution is 2.26. The Morgan fingerprint density at radius 2 is 2.00 bits per heavy atom. The third-order valence-electron chi connectivity index (χ3n) is 5.57. The predicted octanol–water partition coefficient (Wildman–Crippen LogP) is 3.30. The van der Waals surface area contributed by atoms with Crippen LogP contribution in [0.4, 0.5) is 0 Å². The third kappa shape index (κ3) is 3.73. The van der Waals surface area contributed by atoms with Crippen molar-refractivity contribution in [3.8, 4) is 0 Å². The molecule has 2 aromatic rings. The summed E-state index contributed by atoms with van der Waals surface area (Å²) in [7, 11) is 0. The van der Waals surface area contributed by atoms with Gasteiger partial charge in [-0.3, -0.25) is 4.79 Å². The normalized spacial score (nSPS) is 20.2. The first-order chi connectivity index (χ1) is 12.3. The number of likely N-dealkylation sites (tertiary alicyclic amines) is 1. The maximum Gasteiger partial charge on any atom is 0.227 e. The lowest BCUT2D eigenvalue weighted by Crippen LogP contribution is -2.40. The first kappa shape index (κ1) is 16.2. The smallest absolute Gasteiger partial charge is 0.227 e. The lowest BCUT2D eigenvalue weighted by molar-refractivity contribution is -0.131. The second-order valence-electron chi connectivity index (χ2n) is 7.30. The standard InChI is InChI=1S/C21H25N3O/c25-21(13-16-7-8-17-4-1-2-5-18(17)12-16)24-11-3-6-19(14-24)20-9-10-22-15-23-20/h7-10,12,15,19H,1-6,11,13-14H2/t19-/m0/s1. The van der Waals surface area contributed by atoms with E-state index in [2.05, 4.69) is 28.2 Å². The van der Waals surface area contributed by atoms with Gasteiger partial charge in [-0.25, -0.2) is 9.97 Å². The van der Waals surface area contributed by atoms with Crippen LogP contribution in [-0.2, 0) is 24.1 Å². The van der Waals surface area contributed by atoms with Gasteiger partial charge in [-0.05, 0) is 61.3 Å². The summed E-state index contributed by atoms with van der Waals surface area (Å²) in [5.41, 5.74) is 5.15. The van der Waals surface area contributed by atoms with Gasteiger partial charge in [-0.15, -0.1) is 0 Å². The Hall–Kier alpha value is -2.23. The van der Waals surface area contributed by atoms with Crippen LogP contribution in [0.25, 0.3) is 0 Å². The quantitative estimate of drug-likeness (QED) is 0.864. The van der Waals surface area contributed by atoms with Crippen LogP contribution in [0.3, 0.4) is 0 Å². The van der Waals surface area contributed by atoms with Gasteiger partial charge in [0, 0.05) is 30.9 Å². The number of aromatic nitrogens is 2. The van der Waals surface area contributed by atoms with Gasteiger partial charge in [0.2, 0.25) is 5.91 Å². The van der Waals surface area contributed by atoms with Gasteiger partial charge in [0.15, 0.2) is 0 Å². The molecule has 4 rings (SSSR count). The highest BCUT2D eigenvalue weighted by atomic mass is 16.2. The Morgan fingerprint density at radius 3 is 2.84 bits per heavy atom. The highest BCUT2D eigenvalue weighted by Gasteiger charge is 2.25. The van der Waals surface area contributed by atoms with E-state index in [-0.39, 0.29) is 5.91 Å². The van der Waals surface area contributed by atoms with Crippen LogP contribution >= 0.6 is 0 Å². The van der Waals surface area contributed by atoms with Crippen LogP contribution in [0.5, 0.6) is 0 Å². The number of carbonyl (C=O) groups is 1. The van der Waals surface area contributed by atoms with Gasteiger partial charge in [-0.2, -0.15) is 0 Å². The molecule has 2 aliphatic rings. The minimum absolute atomic E-state index is 0.245. The van der Waals surface area contributed by atoms with E-state index in [1.54, 1.807) is 12.5 Å². The Kier molecular flexibility index (Phi) is 4.77. The summed E-state index contributed by atoms with van der Waals surface area (Å²) in [5.74, 6) is 0.582. The molecule has 2 heterocycles. The van der Waals surface area contributed by atoms with Crippen LogP contribution in [0.2, 0.25) is 0 Å². The molecule has 4 heteroatoms. The average Bonchev–Trinajstić information content (AvgIpc) is 2.69. The fraction of sp³-hybridized carbons (Fsp3) is 0.476. The zero-order chi connectivity index (χ0) is 17.1. The van der Waals surface area contributed by atoms with E-state index in [1.807, 2.05) is 11.0 Å². The van der Waals surface area contributed by atoms with E-state index in [0.717, 1.165) is 43.6 Å². The average molecular weight is 335 g/mol. The van der Waals surface area contributed by atoms with Gasteiger partial charge in [0.25, 0.3) is 0 Å². The van der Waals surface area contributed by atoms with Crippen molar-refractivity contribution in [2.24, 2.45) is 0 Å². The van der Waals surface area contributed by atoms with Crippen molar-refractivity contribution in [1.29, 1.82) is 0 Å². The summed E-state index contributed by atoms with van der Waals surface area (Å²) in [4.78, 5) is 23.2. The highest BCUT2D eigenvalue weighted by molar-refractivity contribution is 5.79. The van der Waals surface area contributed by atoms with Crippen LogP contribution in [0.1, 0.15) is 54.0 Å². The molecule has 0 N–H and O–H groups in total. The Morgan fingerprint density at radius 1 is 1.12 bits per heavy atom. The van der Waals surface area contributed by atoms with E-state index in [9.17, 15) is 4.79 Å². The van der Waals surface area contributed by atoms with Crippen molar-refractivity contribution in [2.75, 3.05) is 13.1 Å². The van der Waals surface area contributed by atoms with Crippen LogP contribution in [-0.4, -0.2) is 33.9 Å². The number of rotatable bonds is 3. The van der Waals surface area contributed by atoms with Crippen molar-refractivity contribution in [2.45, 2.75) is 50.9 Å². The molecule has 0 unspecified atom stereocenters. The zero-order valence-corrected chi connectivity index (χ0v) is 14.7. The van der Waals surface area contributed by atoms with Crippen molar-refractivity contribution in [1.82, 2.24) is 14.9 Å². The second-order valence-corrected chi connectivity index (χ2v) is 7.30. The fourth-order valence-corrected chi connectivity index (χ4v) is 4.17. The number of hydrogen-bond acceptors (Lipinski definition) is 3. The molecule has 1 aromatic heterocycles. The minimum atomic E-state index is 0.245. The van der Waals surface area contributed by atoms with Gasteiger partial charge in [-0.1, -0.05) is 18.2 Å². The molecule has 0 spiro atoms. The van der Waals surface area contributed by atoms with Crippen molar-refractivity contribution < 1.29 is 4.79 Å². The number of amides is 1. The van der Waals surface area contributed by atoms with Crippen molar-refractivity contribution in [3.05, 3.63) is 59.2 Å². The van der Waals surface area contributed by atoms with Gasteiger partial charge in [0.05, 0.1) is 6.42 Å². The number of piperidine rings is 1. The largest absolute Gasteiger partial charge is 0.342 e. The minimum Gasteiger partial charge on any atom is -0.342 e. The lowest BCUT2D eigenvalue weighted by atomic mass is 9.89. The van der Waals surface area contributed by atoms with Crippen molar-refractivity contribution in [3.63, 3.8) is 0 Å². The summed E-state index contributed by atoms with van der Waals surface area (Å²) >= 11 is 0. The van der Waals surface area contributed by atoms with Crippen LogP contribution < -0.4 is 0 Å². The maximum atomic E-state index is 12.8. The van der Waals surface area contributed by atoms with Gasteiger partial charge in [0.1, 0.15) is 6.33 Å². The molecule has 1 fully saturated rings. The maximum absolute atomic E-state index is 12.8. The van der Waals surface area contributed by atoms with Gasteiger partial charge >= 0.3 is 0 Å². The van der Waals surface area contributed by atoms with E-state index in [4.69, 9.17) is 0 Å². The number of nitrogens with zero attached hydrogens (tertiary/aromatic N) is 3. The first-order valence-electron chi connectivity index (χ1n) is 9.44. The topological polar surface area (TPSA) is 46.1 Å². The van der Waals surface area contributed by atoms with Gasteiger partial charge < -0.3 is 4.90 Å². The molecule has 1 aliphatic heterocycles. The van der Waals surface area contributed by atoms with E-state index in [1.165, 1.54) is 30.4 Å². The molecule has 1 atom stereocenters. The molecule has 0 bridgehead atoms. The van der Waals surface area contributed by atoms with E-state index < -0.39 is 0 Å². The lowest BCUT2D eigenvalue weighted by Gasteiger charge is -2.32. The third-order valence-corrected chi connectivity index (χ3v) is 5.57. The summed E-state index contributed by atoms with van der Waals surface area (Å²) in [6.45, 7) is 1.64. The molecule has 4 nitrogen and oxygen atoms in total. The number of fused-ring (bicyclic) bond motifs is 1. The molecule has 1 aromatic carbocycles. The van der Waals surface area contributed by atoms with E-state index in [0.29, 0.717) is 12.3 Å². The Labute approximate surface area is 149 Å². The SMILES string of the molecule is O=C(Cc1ccc2c(c1)CCCC2)N1CCC[C@H](c2ccncn2)C1. The van der Waals surface area contributed by atoms with Crippen LogP contribution in [0, 0.1) is 0 Å². The molecule has 0 saturated carbocycles. The fourth-order valence-electron chi connectivity index (χ4n) is 4.17. The molecular weight excluding hydrogens is 310 g/mol. The molecule has 1 aliphatic carbocycles. The summed E-state index contributed by atoms with van der Waals surface area (Å²) in [6, 6.07) is 8.62.